The molecule has 1 aromatic rings. The van der Waals surface area contributed by atoms with Gasteiger partial charge in [0.05, 0.1) is 5.75 Å². The Bertz CT molecular complexity index is 614. The van der Waals surface area contributed by atoms with Crippen LogP contribution in [0.25, 0.3) is 0 Å². The molecule has 3 nitrogen and oxygen atoms in total. The van der Waals surface area contributed by atoms with E-state index < -0.39 is 9.84 Å². The number of rotatable bonds is 8. The van der Waals surface area contributed by atoms with Gasteiger partial charge in [0.1, 0.15) is 9.84 Å². The van der Waals surface area contributed by atoms with Crippen LogP contribution >= 0.6 is 0 Å². The van der Waals surface area contributed by atoms with Crippen LogP contribution < -0.4 is 0 Å². The van der Waals surface area contributed by atoms with Crippen LogP contribution in [0.1, 0.15) is 56.9 Å². The van der Waals surface area contributed by atoms with Gasteiger partial charge in [-0.15, -0.1) is 0 Å². The molecule has 1 saturated heterocycles. The molecule has 1 saturated carbocycles. The average molecular weight is 350 g/mol. The van der Waals surface area contributed by atoms with Gasteiger partial charge in [-0.3, -0.25) is 4.90 Å². The molecule has 134 valence electrons. The third-order valence-electron chi connectivity index (χ3n) is 6.02. The van der Waals surface area contributed by atoms with Crippen molar-refractivity contribution in [2.75, 3.05) is 24.6 Å². The molecule has 4 heteroatoms. The van der Waals surface area contributed by atoms with Crippen molar-refractivity contribution >= 4 is 9.84 Å². The topological polar surface area (TPSA) is 37.4 Å². The number of likely N-dealkylation sites (tertiary alicyclic amines) is 1. The van der Waals surface area contributed by atoms with E-state index in [1.807, 2.05) is 0 Å². The molecule has 0 spiro atoms. The largest absolute Gasteiger partial charge is 0.299 e. The first-order valence-corrected chi connectivity index (χ1v) is 11.4. The molecule has 0 N–H and O–H groups in total. The minimum atomic E-state index is -2.79. The highest BCUT2D eigenvalue weighted by Crippen LogP contribution is 2.46. The van der Waals surface area contributed by atoms with E-state index in [9.17, 15) is 8.42 Å². The van der Waals surface area contributed by atoms with Gasteiger partial charge >= 0.3 is 0 Å². The molecule has 0 aromatic heterocycles. The zero-order valence-corrected chi connectivity index (χ0v) is 15.7. The molecule has 3 unspecified atom stereocenters. The van der Waals surface area contributed by atoms with E-state index in [2.05, 4.69) is 35.2 Å². The zero-order valence-electron chi connectivity index (χ0n) is 14.9. The molecule has 3 atom stereocenters. The van der Waals surface area contributed by atoms with Gasteiger partial charge in [0.25, 0.3) is 0 Å². The average Bonchev–Trinajstić information content (AvgIpc) is 3.19. The van der Waals surface area contributed by atoms with Crippen molar-refractivity contribution in [1.82, 2.24) is 4.90 Å². The summed E-state index contributed by atoms with van der Waals surface area (Å²) in [5.74, 6) is 2.16. The highest BCUT2D eigenvalue weighted by Gasteiger charge is 2.44. The van der Waals surface area contributed by atoms with Crippen LogP contribution in [0.15, 0.2) is 30.3 Å². The number of fused-ring (bicyclic) bond motifs is 1. The van der Waals surface area contributed by atoms with Crippen molar-refractivity contribution in [3.8, 4) is 0 Å². The maximum absolute atomic E-state index is 11.6. The lowest BCUT2D eigenvalue weighted by Crippen LogP contribution is -2.30. The van der Waals surface area contributed by atoms with Crippen LogP contribution in [0.2, 0.25) is 0 Å². The van der Waals surface area contributed by atoms with E-state index in [0.717, 1.165) is 37.8 Å². The van der Waals surface area contributed by atoms with E-state index in [-0.39, 0.29) is 5.75 Å². The summed E-state index contributed by atoms with van der Waals surface area (Å²) in [6.07, 6.45) is 7.06. The number of hydrogen-bond donors (Lipinski definition) is 0. The maximum Gasteiger partial charge on any atom is 0.150 e. The van der Waals surface area contributed by atoms with Gasteiger partial charge in [-0.1, -0.05) is 50.1 Å². The van der Waals surface area contributed by atoms with E-state index in [1.165, 1.54) is 31.4 Å². The van der Waals surface area contributed by atoms with Gasteiger partial charge < -0.3 is 0 Å². The summed E-state index contributed by atoms with van der Waals surface area (Å²) in [6, 6.07) is 11.8. The Labute approximate surface area is 147 Å². The molecule has 1 heterocycles. The van der Waals surface area contributed by atoms with Crippen LogP contribution in [0, 0.1) is 5.92 Å². The fraction of sp³-hybridized carbons (Fsp3) is 0.700. The third-order valence-corrected chi connectivity index (χ3v) is 7.81. The molecule has 3 rings (SSSR count). The predicted molar refractivity (Wildman–Crippen MR) is 100 cm³/mol. The first-order chi connectivity index (χ1) is 11.6. The summed E-state index contributed by atoms with van der Waals surface area (Å²) in [5.41, 5.74) is 1.51. The fourth-order valence-corrected chi connectivity index (χ4v) is 5.62. The van der Waals surface area contributed by atoms with Crippen molar-refractivity contribution in [1.29, 1.82) is 0 Å². The summed E-state index contributed by atoms with van der Waals surface area (Å²) >= 11 is 0. The number of unbranched alkanes of at least 4 members (excludes halogenated alkanes) is 2. The fourth-order valence-electron chi connectivity index (χ4n) is 4.68. The van der Waals surface area contributed by atoms with Gasteiger partial charge in [0.2, 0.25) is 0 Å². The molecule has 2 aliphatic rings. The Balaban J connectivity index is 1.50. The normalized spacial score (nSPS) is 27.5. The number of nitrogens with zero attached hydrogens (tertiary/aromatic N) is 1. The highest BCUT2D eigenvalue weighted by molar-refractivity contribution is 7.91. The summed E-state index contributed by atoms with van der Waals surface area (Å²) in [5, 5.41) is 0. The van der Waals surface area contributed by atoms with E-state index in [4.69, 9.17) is 0 Å². The SMILES string of the molecule is CCS(=O)(=O)CCCCCN1CC(c2ccccc2)C2CCCC21. The quantitative estimate of drug-likeness (QED) is 0.669. The third kappa shape index (κ3) is 4.20. The molecular formula is C20H31NO2S. The Morgan fingerprint density at radius 2 is 1.88 bits per heavy atom. The number of benzene rings is 1. The second-order valence-corrected chi connectivity index (χ2v) is 9.94. The van der Waals surface area contributed by atoms with Gasteiger partial charge in [-0.05, 0) is 43.7 Å². The zero-order chi connectivity index (χ0) is 17.0. The van der Waals surface area contributed by atoms with Crippen molar-refractivity contribution in [3.63, 3.8) is 0 Å². The van der Waals surface area contributed by atoms with Gasteiger partial charge in [-0.2, -0.15) is 0 Å². The summed E-state index contributed by atoms with van der Waals surface area (Å²) < 4.78 is 23.1. The monoisotopic (exact) mass is 349 g/mol. The van der Waals surface area contributed by atoms with Crippen LogP contribution in [0.5, 0.6) is 0 Å². The molecule has 0 bridgehead atoms. The Kier molecular flexibility index (Phi) is 5.98. The molecular weight excluding hydrogens is 318 g/mol. The van der Waals surface area contributed by atoms with E-state index in [1.54, 1.807) is 6.92 Å². The van der Waals surface area contributed by atoms with Crippen molar-refractivity contribution in [3.05, 3.63) is 35.9 Å². The Morgan fingerprint density at radius 1 is 1.08 bits per heavy atom. The second-order valence-electron chi connectivity index (χ2n) is 7.47. The van der Waals surface area contributed by atoms with Crippen LogP contribution in [-0.2, 0) is 9.84 Å². The number of hydrogen-bond acceptors (Lipinski definition) is 3. The Morgan fingerprint density at radius 3 is 2.62 bits per heavy atom. The van der Waals surface area contributed by atoms with Gasteiger partial charge in [0.15, 0.2) is 0 Å². The highest BCUT2D eigenvalue weighted by atomic mass is 32.2. The first kappa shape index (κ1) is 17.9. The Hall–Kier alpha value is -0.870. The van der Waals surface area contributed by atoms with E-state index in [0.29, 0.717) is 11.7 Å². The molecule has 2 fully saturated rings. The van der Waals surface area contributed by atoms with Crippen molar-refractivity contribution in [2.45, 2.75) is 57.4 Å². The standard InChI is InChI=1S/C20H31NO2S/c1-2-24(22,23)15-8-4-7-14-21-16-19(17-10-5-3-6-11-17)18-12-9-13-20(18)21/h3,5-6,10-11,18-20H,2,4,7-9,12-16H2,1H3. The summed E-state index contributed by atoms with van der Waals surface area (Å²) in [7, 11) is -2.79. The lowest BCUT2D eigenvalue weighted by molar-refractivity contribution is 0.236. The molecule has 1 aliphatic heterocycles. The maximum atomic E-state index is 11.6. The molecule has 0 amide bonds. The second kappa shape index (κ2) is 8.01. The van der Waals surface area contributed by atoms with Crippen LogP contribution in [0.3, 0.4) is 0 Å². The summed E-state index contributed by atoms with van der Waals surface area (Å²) in [6.45, 7) is 4.06. The van der Waals surface area contributed by atoms with E-state index >= 15 is 0 Å². The minimum absolute atomic E-state index is 0.279. The minimum Gasteiger partial charge on any atom is -0.299 e. The van der Waals surface area contributed by atoms with Crippen LogP contribution in [0.4, 0.5) is 0 Å². The smallest absolute Gasteiger partial charge is 0.150 e. The molecule has 1 aromatic carbocycles. The summed E-state index contributed by atoms with van der Waals surface area (Å²) in [4.78, 5) is 2.70. The predicted octanol–water partition coefficient (Wildman–Crippen LogP) is 3.86. The lowest BCUT2D eigenvalue weighted by atomic mass is 9.87. The molecule has 0 radical (unpaired) electrons. The lowest BCUT2D eigenvalue weighted by Gasteiger charge is -2.23. The molecule has 1 aliphatic carbocycles. The molecule has 24 heavy (non-hydrogen) atoms. The van der Waals surface area contributed by atoms with Gasteiger partial charge in [0, 0.05) is 24.3 Å². The van der Waals surface area contributed by atoms with Crippen molar-refractivity contribution < 1.29 is 8.42 Å². The van der Waals surface area contributed by atoms with Crippen LogP contribution in [-0.4, -0.2) is 44.0 Å². The number of sulfone groups is 1. The van der Waals surface area contributed by atoms with Gasteiger partial charge in [-0.25, -0.2) is 8.42 Å². The van der Waals surface area contributed by atoms with Crippen molar-refractivity contribution in [2.24, 2.45) is 5.92 Å². The first-order valence-electron chi connectivity index (χ1n) is 9.60.